The van der Waals surface area contributed by atoms with Crippen LogP contribution in [0.15, 0.2) is 24.3 Å². The zero-order chi connectivity index (χ0) is 41.4. The summed E-state index contributed by atoms with van der Waals surface area (Å²) < 4.78 is 66.1. The lowest BCUT2D eigenvalue weighted by Gasteiger charge is -2.38. The molecule has 59 heavy (non-hydrogen) atoms. The fourth-order valence-electron chi connectivity index (χ4n) is 12.4. The van der Waals surface area contributed by atoms with Gasteiger partial charge in [0.05, 0.1) is 13.2 Å². The smallest absolute Gasteiger partial charge is 0.129 e. The van der Waals surface area contributed by atoms with Crippen molar-refractivity contribution in [2.24, 2.45) is 47.3 Å². The van der Waals surface area contributed by atoms with Crippen LogP contribution in [0.5, 0.6) is 0 Å². The van der Waals surface area contributed by atoms with E-state index in [-0.39, 0.29) is 37.2 Å². The molecule has 0 unspecified atom stereocenters. The average molecular weight is 823 g/mol. The molecule has 0 radical (unpaired) electrons. The van der Waals surface area contributed by atoms with E-state index in [1.54, 1.807) is 0 Å². The maximum absolute atomic E-state index is 15.1. The first-order valence-corrected chi connectivity index (χ1v) is 25.3. The summed E-state index contributed by atoms with van der Waals surface area (Å²) in [5.74, 6) is 4.75. The second kappa shape index (κ2) is 24.7. The molecule has 0 aliphatic heterocycles. The molecule has 6 rings (SSSR count). The van der Waals surface area contributed by atoms with Crippen molar-refractivity contribution in [2.75, 3.05) is 13.2 Å². The number of hydrogen-bond acceptors (Lipinski definition) is 1. The van der Waals surface area contributed by atoms with Crippen LogP contribution in [0.2, 0.25) is 0 Å². The number of rotatable bonds is 22. The Bertz CT molecular complexity index is 1330. The normalized spacial score (nSPS) is 27.9. The van der Waals surface area contributed by atoms with Gasteiger partial charge in [0.15, 0.2) is 0 Å². The van der Waals surface area contributed by atoms with Crippen molar-refractivity contribution in [3.63, 3.8) is 0 Å². The molecule has 0 saturated heterocycles. The highest BCUT2D eigenvalue weighted by Gasteiger charge is 2.32. The van der Waals surface area contributed by atoms with E-state index in [9.17, 15) is 0 Å². The number of ether oxygens (including phenoxy) is 1. The van der Waals surface area contributed by atoms with Gasteiger partial charge in [-0.2, -0.15) is 0 Å². The number of benzene rings is 2. The lowest BCUT2D eigenvalue weighted by atomic mass is 9.68. The molecule has 2 aromatic carbocycles. The van der Waals surface area contributed by atoms with Gasteiger partial charge in [-0.3, -0.25) is 0 Å². The molecular weight excluding hydrogens is 741 g/mol. The number of halogens is 4. The van der Waals surface area contributed by atoms with Crippen LogP contribution in [0.25, 0.3) is 0 Å². The van der Waals surface area contributed by atoms with E-state index in [1.165, 1.54) is 178 Å². The first kappa shape index (κ1) is 46.6. The highest BCUT2D eigenvalue weighted by Crippen LogP contribution is 2.45. The van der Waals surface area contributed by atoms with Crippen molar-refractivity contribution >= 4 is 0 Å². The van der Waals surface area contributed by atoms with Crippen LogP contribution >= 0.6 is 0 Å². The number of hydrogen-bond donors (Lipinski definition) is 0. The molecule has 332 valence electrons. The van der Waals surface area contributed by atoms with E-state index in [0.29, 0.717) is 24.7 Å². The summed E-state index contributed by atoms with van der Waals surface area (Å²) in [5.41, 5.74) is 1.53. The molecule has 0 spiro atoms. The van der Waals surface area contributed by atoms with Crippen LogP contribution in [0.3, 0.4) is 0 Å². The highest BCUT2D eigenvalue weighted by molar-refractivity contribution is 5.28. The predicted molar refractivity (Wildman–Crippen MR) is 238 cm³/mol. The van der Waals surface area contributed by atoms with E-state index in [0.717, 1.165) is 59.5 Å². The van der Waals surface area contributed by atoms with Gasteiger partial charge in [-0.25, -0.2) is 17.6 Å². The Morgan fingerprint density at radius 2 is 0.678 bits per heavy atom. The van der Waals surface area contributed by atoms with Gasteiger partial charge in [0, 0.05) is 24.0 Å². The van der Waals surface area contributed by atoms with Crippen molar-refractivity contribution in [1.29, 1.82) is 0 Å². The standard InChI is InChI=1S/C54H82F4O/c1-3-5-7-9-39-15-23-45(24-16-39)47-27-19-41(20-28-47)11-13-43-35-51(55)49(52(56)36-43)31-33-59-34-32-50-53(57)37-44(38-54(50)58)14-12-42-21-29-48(30-22-42)46-25-17-40(18-26-46)10-8-6-4-2/h35-42,45-48H,3-34H2,1-2H3. The Hall–Kier alpha value is -1.88. The van der Waals surface area contributed by atoms with Crippen LogP contribution in [0.1, 0.15) is 203 Å². The summed E-state index contributed by atoms with van der Waals surface area (Å²) in [6.45, 7) is 4.78. The molecular formula is C54H82F4O. The summed E-state index contributed by atoms with van der Waals surface area (Å²) >= 11 is 0. The van der Waals surface area contributed by atoms with Gasteiger partial charge in [0.2, 0.25) is 0 Å². The van der Waals surface area contributed by atoms with Crippen LogP contribution < -0.4 is 0 Å². The SMILES string of the molecule is CCCCCC1CCC(C2CCC(CCc3cc(F)c(CCOCCc4c(F)cc(CCC5CCC(C6CCC(CCCCC)CC6)CC5)cc4F)c(F)c3)CC2)CC1. The quantitative estimate of drug-likeness (QED) is 0.0849. The van der Waals surface area contributed by atoms with Gasteiger partial charge in [0.1, 0.15) is 23.3 Å². The highest BCUT2D eigenvalue weighted by atomic mass is 19.1. The Morgan fingerprint density at radius 3 is 0.966 bits per heavy atom. The Morgan fingerprint density at radius 1 is 0.390 bits per heavy atom. The van der Waals surface area contributed by atoms with Crippen LogP contribution in [0.4, 0.5) is 17.6 Å². The van der Waals surface area contributed by atoms with Crippen molar-refractivity contribution in [1.82, 2.24) is 0 Å². The van der Waals surface area contributed by atoms with E-state index in [4.69, 9.17) is 4.74 Å². The van der Waals surface area contributed by atoms with Gasteiger partial charge < -0.3 is 4.74 Å². The summed E-state index contributed by atoms with van der Waals surface area (Å²) in [4.78, 5) is 0. The zero-order valence-electron chi connectivity index (χ0n) is 37.5. The minimum absolute atomic E-state index is 0.0323. The maximum atomic E-state index is 15.1. The van der Waals surface area contributed by atoms with E-state index >= 15 is 17.6 Å². The van der Waals surface area contributed by atoms with E-state index in [2.05, 4.69) is 13.8 Å². The van der Waals surface area contributed by atoms with Crippen molar-refractivity contribution in [3.05, 3.63) is 69.8 Å². The molecule has 1 nitrogen and oxygen atoms in total. The third-order valence-electron chi connectivity index (χ3n) is 16.4. The zero-order valence-corrected chi connectivity index (χ0v) is 37.5. The molecule has 2 aromatic rings. The van der Waals surface area contributed by atoms with Crippen molar-refractivity contribution in [2.45, 2.75) is 206 Å². The third kappa shape index (κ3) is 14.6. The Kier molecular flexibility index (Phi) is 19.5. The summed E-state index contributed by atoms with van der Waals surface area (Å²) in [6, 6.07) is 6.01. The summed E-state index contributed by atoms with van der Waals surface area (Å²) in [5, 5.41) is 0. The first-order valence-electron chi connectivity index (χ1n) is 25.3. The molecule has 4 fully saturated rings. The predicted octanol–water partition coefficient (Wildman–Crippen LogP) is 16.3. The molecule has 4 saturated carbocycles. The fourth-order valence-corrected chi connectivity index (χ4v) is 12.4. The largest absolute Gasteiger partial charge is 0.381 e. The Balaban J connectivity index is 0.833. The molecule has 0 heterocycles. The van der Waals surface area contributed by atoms with Gasteiger partial charge in [-0.1, -0.05) is 117 Å². The van der Waals surface area contributed by atoms with Gasteiger partial charge in [-0.15, -0.1) is 0 Å². The molecule has 4 aliphatic carbocycles. The topological polar surface area (TPSA) is 9.23 Å². The third-order valence-corrected chi connectivity index (χ3v) is 16.4. The Labute approximate surface area is 358 Å². The first-order chi connectivity index (χ1) is 28.8. The minimum atomic E-state index is -0.520. The molecule has 0 bridgehead atoms. The second-order valence-corrected chi connectivity index (χ2v) is 20.4. The average Bonchev–Trinajstić information content (AvgIpc) is 3.25. The molecule has 0 aromatic heterocycles. The number of aryl methyl sites for hydroxylation is 2. The van der Waals surface area contributed by atoms with Gasteiger partial charge in [0.25, 0.3) is 0 Å². The fraction of sp³-hybridized carbons (Fsp3) is 0.778. The van der Waals surface area contributed by atoms with Crippen molar-refractivity contribution < 1.29 is 22.3 Å². The van der Waals surface area contributed by atoms with Crippen molar-refractivity contribution in [3.8, 4) is 0 Å². The molecule has 0 atom stereocenters. The minimum Gasteiger partial charge on any atom is -0.381 e. The molecule has 0 N–H and O–H groups in total. The number of unbranched alkanes of at least 4 members (excludes halogenated alkanes) is 4. The van der Waals surface area contributed by atoms with Gasteiger partial charge >= 0.3 is 0 Å². The summed E-state index contributed by atoms with van der Waals surface area (Å²) in [6.07, 6.45) is 36.4. The van der Waals surface area contributed by atoms with Crippen LogP contribution in [0, 0.1) is 70.6 Å². The molecule has 4 aliphatic rings. The monoisotopic (exact) mass is 823 g/mol. The summed E-state index contributed by atoms with van der Waals surface area (Å²) in [7, 11) is 0. The van der Waals surface area contributed by atoms with E-state index < -0.39 is 23.3 Å². The second-order valence-electron chi connectivity index (χ2n) is 20.4. The lowest BCUT2D eigenvalue weighted by Crippen LogP contribution is -2.26. The van der Waals surface area contributed by atoms with Crippen LogP contribution in [-0.4, -0.2) is 13.2 Å². The maximum Gasteiger partial charge on any atom is 0.129 e. The van der Waals surface area contributed by atoms with Crippen LogP contribution in [-0.2, 0) is 30.4 Å². The van der Waals surface area contributed by atoms with E-state index in [1.807, 2.05) is 0 Å². The van der Waals surface area contributed by atoms with Gasteiger partial charge in [-0.05, 0) is 160 Å². The molecule has 0 amide bonds. The lowest BCUT2D eigenvalue weighted by molar-refractivity contribution is 0.137. The molecule has 5 heteroatoms.